The predicted molar refractivity (Wildman–Crippen MR) is 86.6 cm³/mol. The molecule has 0 saturated heterocycles. The maximum absolute atomic E-state index is 13.7. The van der Waals surface area contributed by atoms with E-state index < -0.39 is 5.82 Å². The molecule has 2 aromatic carbocycles. The van der Waals surface area contributed by atoms with E-state index in [2.05, 4.69) is 10.3 Å². The third kappa shape index (κ3) is 3.67. The van der Waals surface area contributed by atoms with E-state index in [1.54, 1.807) is 18.4 Å². The molecule has 7 heteroatoms. The zero-order chi connectivity index (χ0) is 16.9. The average molecular weight is 350 g/mol. The Morgan fingerprint density at radius 2 is 2.12 bits per heavy atom. The minimum absolute atomic E-state index is 0.0322. The van der Waals surface area contributed by atoms with Crippen LogP contribution in [0.3, 0.4) is 0 Å². The molecular formula is C17H13ClFNO4. The molecule has 1 heterocycles. The molecule has 0 fully saturated rings. The Morgan fingerprint density at radius 1 is 1.25 bits per heavy atom. The van der Waals surface area contributed by atoms with Crippen molar-refractivity contribution in [3.05, 3.63) is 59.1 Å². The fourth-order valence-corrected chi connectivity index (χ4v) is 2.43. The van der Waals surface area contributed by atoms with Crippen molar-refractivity contribution in [2.24, 2.45) is 0 Å². The van der Waals surface area contributed by atoms with Gasteiger partial charge in [-0.15, -0.1) is 0 Å². The summed E-state index contributed by atoms with van der Waals surface area (Å²) in [5.41, 5.74) is 3.77. The molecule has 0 bridgehead atoms. The van der Waals surface area contributed by atoms with Crippen LogP contribution in [0.15, 0.2) is 47.1 Å². The highest BCUT2D eigenvalue weighted by Crippen LogP contribution is 2.32. The average Bonchev–Trinajstić information content (AvgIpc) is 3.03. The van der Waals surface area contributed by atoms with Crippen molar-refractivity contribution in [1.29, 1.82) is 0 Å². The zero-order valence-electron chi connectivity index (χ0n) is 12.4. The molecule has 3 rings (SSSR count). The third-order valence-electron chi connectivity index (χ3n) is 3.38. The van der Waals surface area contributed by atoms with Gasteiger partial charge < -0.3 is 14.0 Å². The second-order valence-corrected chi connectivity index (χ2v) is 5.36. The smallest absolute Gasteiger partial charge is 0.312 e. The summed E-state index contributed by atoms with van der Waals surface area (Å²) < 4.78 is 24.9. The summed E-state index contributed by atoms with van der Waals surface area (Å²) in [6, 6.07) is 9.90. The largest absolute Gasteiger partial charge is 0.464 e. The number of ether oxygens (including phenoxy) is 1. The molecule has 3 aromatic rings. The Kier molecular flexibility index (Phi) is 4.98. The second-order valence-electron chi connectivity index (χ2n) is 4.95. The number of hydrogen-bond donors (Lipinski definition) is 1. The van der Waals surface area contributed by atoms with Crippen LogP contribution in [-0.4, -0.2) is 13.0 Å². The van der Waals surface area contributed by atoms with Gasteiger partial charge in [0.1, 0.15) is 22.9 Å². The highest BCUT2D eigenvalue weighted by atomic mass is 35.5. The molecular weight excluding hydrogens is 337 g/mol. The van der Waals surface area contributed by atoms with Gasteiger partial charge in [0.15, 0.2) is 0 Å². The molecule has 0 aliphatic heterocycles. The first-order valence-corrected chi connectivity index (χ1v) is 7.50. The number of halogens is 2. The number of carbonyl (C=O) groups is 1. The van der Waals surface area contributed by atoms with Crippen LogP contribution in [0, 0.1) is 5.82 Å². The molecule has 124 valence electrons. The van der Waals surface area contributed by atoms with Crippen LogP contribution in [0.2, 0.25) is 5.02 Å². The van der Waals surface area contributed by atoms with Gasteiger partial charge in [-0.25, -0.2) is 4.39 Å². The standard InChI is InChI=1S/C17H13ClFNO4/c18-14-9-17(11(8-15(14)19)3-5-20-23-10-21)24-13-1-2-16-12(7-13)4-6-22-16/h1-2,4,6-10,20H,3,5H2. The maximum atomic E-state index is 13.7. The van der Waals surface area contributed by atoms with E-state index in [0.29, 0.717) is 30.0 Å². The van der Waals surface area contributed by atoms with E-state index in [1.165, 1.54) is 12.1 Å². The minimum Gasteiger partial charge on any atom is -0.464 e. The van der Waals surface area contributed by atoms with Crippen molar-refractivity contribution in [3.8, 4) is 11.5 Å². The summed E-state index contributed by atoms with van der Waals surface area (Å²) in [6.45, 7) is 0.580. The highest BCUT2D eigenvalue weighted by Gasteiger charge is 2.11. The van der Waals surface area contributed by atoms with Crippen LogP contribution < -0.4 is 10.2 Å². The van der Waals surface area contributed by atoms with Crippen molar-refractivity contribution in [3.63, 3.8) is 0 Å². The van der Waals surface area contributed by atoms with Gasteiger partial charge in [0.2, 0.25) is 0 Å². The molecule has 1 N–H and O–H groups in total. The summed E-state index contributed by atoms with van der Waals surface area (Å²) in [4.78, 5) is 14.5. The van der Waals surface area contributed by atoms with Gasteiger partial charge in [0, 0.05) is 18.0 Å². The van der Waals surface area contributed by atoms with Crippen molar-refractivity contribution in [2.75, 3.05) is 6.54 Å². The van der Waals surface area contributed by atoms with Crippen LogP contribution in [0.25, 0.3) is 11.0 Å². The van der Waals surface area contributed by atoms with Crippen molar-refractivity contribution in [1.82, 2.24) is 5.48 Å². The van der Waals surface area contributed by atoms with Gasteiger partial charge in [0.05, 0.1) is 11.3 Å². The van der Waals surface area contributed by atoms with E-state index in [9.17, 15) is 9.18 Å². The van der Waals surface area contributed by atoms with Crippen LogP contribution in [0.1, 0.15) is 5.56 Å². The van der Waals surface area contributed by atoms with Gasteiger partial charge in [0.25, 0.3) is 0 Å². The van der Waals surface area contributed by atoms with E-state index >= 15 is 0 Å². The Balaban J connectivity index is 1.84. The van der Waals surface area contributed by atoms with Gasteiger partial charge in [-0.3, -0.25) is 4.79 Å². The summed E-state index contributed by atoms with van der Waals surface area (Å²) in [5.74, 6) is 0.461. The number of furan rings is 1. The summed E-state index contributed by atoms with van der Waals surface area (Å²) in [5, 5.41) is 0.860. The number of rotatable bonds is 7. The Bertz CT molecular complexity index is 865. The molecule has 0 aliphatic carbocycles. The first-order valence-electron chi connectivity index (χ1n) is 7.12. The fourth-order valence-electron chi connectivity index (χ4n) is 2.27. The molecule has 0 radical (unpaired) electrons. The number of hydroxylamine groups is 1. The lowest BCUT2D eigenvalue weighted by atomic mass is 10.1. The number of hydrogen-bond acceptors (Lipinski definition) is 5. The molecule has 1 aromatic heterocycles. The second kappa shape index (κ2) is 7.33. The SMILES string of the molecule is O=CONCCc1cc(F)c(Cl)cc1Oc1ccc2occc2c1. The predicted octanol–water partition coefficient (Wildman–Crippen LogP) is 4.24. The first kappa shape index (κ1) is 16.3. The van der Waals surface area contributed by atoms with Gasteiger partial charge in [-0.2, -0.15) is 5.48 Å². The lowest BCUT2D eigenvalue weighted by Gasteiger charge is -2.12. The molecule has 24 heavy (non-hydrogen) atoms. The molecule has 0 aliphatic rings. The summed E-state index contributed by atoms with van der Waals surface area (Å²) in [6.07, 6.45) is 1.97. The van der Waals surface area contributed by atoms with E-state index in [4.69, 9.17) is 20.8 Å². The quantitative estimate of drug-likeness (QED) is 0.393. The molecule has 0 unspecified atom stereocenters. The van der Waals surface area contributed by atoms with Gasteiger partial charge in [-0.05, 0) is 42.3 Å². The lowest BCUT2D eigenvalue weighted by molar-refractivity contribution is -0.135. The van der Waals surface area contributed by atoms with E-state index in [-0.39, 0.29) is 11.5 Å². The number of fused-ring (bicyclic) bond motifs is 1. The summed E-state index contributed by atoms with van der Waals surface area (Å²) >= 11 is 5.86. The van der Waals surface area contributed by atoms with Crippen LogP contribution in [-0.2, 0) is 16.1 Å². The van der Waals surface area contributed by atoms with Crippen LogP contribution in [0.5, 0.6) is 11.5 Å². The fraction of sp³-hybridized carbons (Fsp3) is 0.118. The monoisotopic (exact) mass is 349 g/mol. The first-order chi connectivity index (χ1) is 11.7. The van der Waals surface area contributed by atoms with Gasteiger partial charge in [-0.1, -0.05) is 11.6 Å². The molecule has 0 saturated carbocycles. The van der Waals surface area contributed by atoms with Crippen molar-refractivity contribution < 1.29 is 23.2 Å². The third-order valence-corrected chi connectivity index (χ3v) is 3.67. The lowest BCUT2D eigenvalue weighted by Crippen LogP contribution is -2.17. The number of carbonyl (C=O) groups excluding carboxylic acids is 1. The molecule has 0 amide bonds. The van der Waals surface area contributed by atoms with Crippen molar-refractivity contribution >= 4 is 29.0 Å². The molecule has 0 spiro atoms. The normalized spacial score (nSPS) is 10.8. The molecule has 5 nitrogen and oxygen atoms in total. The number of benzene rings is 2. The Morgan fingerprint density at radius 3 is 2.96 bits per heavy atom. The number of nitrogens with one attached hydrogen (secondary N) is 1. The zero-order valence-corrected chi connectivity index (χ0v) is 13.2. The maximum Gasteiger partial charge on any atom is 0.312 e. The summed E-state index contributed by atoms with van der Waals surface area (Å²) in [7, 11) is 0. The van der Waals surface area contributed by atoms with Crippen LogP contribution in [0.4, 0.5) is 4.39 Å². The van der Waals surface area contributed by atoms with Crippen molar-refractivity contribution in [2.45, 2.75) is 6.42 Å². The Hall–Kier alpha value is -2.57. The minimum atomic E-state index is -0.541. The molecule has 0 atom stereocenters. The van der Waals surface area contributed by atoms with E-state index in [1.807, 2.05) is 12.1 Å². The van der Waals surface area contributed by atoms with Gasteiger partial charge >= 0.3 is 6.47 Å². The topological polar surface area (TPSA) is 60.7 Å². The Labute approximate surface area is 141 Å². The van der Waals surface area contributed by atoms with E-state index in [0.717, 1.165) is 11.0 Å². The van der Waals surface area contributed by atoms with Crippen LogP contribution >= 0.6 is 11.6 Å². The highest BCUT2D eigenvalue weighted by molar-refractivity contribution is 6.30.